The van der Waals surface area contributed by atoms with Crippen LogP contribution in [-0.2, 0) is 6.54 Å². The van der Waals surface area contributed by atoms with Crippen molar-refractivity contribution in [2.75, 3.05) is 6.61 Å². The van der Waals surface area contributed by atoms with Crippen LogP contribution in [0.2, 0.25) is 10.0 Å². The number of ether oxygens (including phenoxy) is 1. The summed E-state index contributed by atoms with van der Waals surface area (Å²) in [6.07, 6.45) is 2.19. The minimum Gasteiger partial charge on any atom is -0.492 e. The van der Waals surface area contributed by atoms with Crippen LogP contribution in [0.3, 0.4) is 0 Å². The average molecular weight is 318 g/mol. The molecule has 20 heavy (non-hydrogen) atoms. The molecule has 1 aromatic rings. The Labute approximate surface area is 132 Å². The summed E-state index contributed by atoms with van der Waals surface area (Å²) in [5.41, 5.74) is 1.01. The highest BCUT2D eigenvalue weighted by molar-refractivity contribution is 6.35. The second kappa shape index (κ2) is 8.76. The molecular weight excluding hydrogens is 293 g/mol. The zero-order valence-corrected chi connectivity index (χ0v) is 14.3. The Kier molecular flexibility index (Phi) is 7.71. The van der Waals surface area contributed by atoms with Crippen LogP contribution in [0.5, 0.6) is 5.75 Å². The van der Waals surface area contributed by atoms with Gasteiger partial charge in [-0.05, 0) is 30.9 Å². The van der Waals surface area contributed by atoms with Gasteiger partial charge in [-0.15, -0.1) is 0 Å². The maximum Gasteiger partial charge on any atom is 0.142 e. The van der Waals surface area contributed by atoms with E-state index in [9.17, 15) is 0 Å². The van der Waals surface area contributed by atoms with Gasteiger partial charge in [0.15, 0.2) is 0 Å². The van der Waals surface area contributed by atoms with E-state index in [-0.39, 0.29) is 0 Å². The zero-order valence-electron chi connectivity index (χ0n) is 12.8. The van der Waals surface area contributed by atoms with E-state index in [1.165, 1.54) is 0 Å². The smallest absolute Gasteiger partial charge is 0.142 e. The SMILES string of the molecule is CC(C)CCCOc1c(Cl)cc(Cl)cc1CNC(C)C. The van der Waals surface area contributed by atoms with Crippen molar-refractivity contribution >= 4 is 23.2 Å². The van der Waals surface area contributed by atoms with E-state index in [2.05, 4.69) is 33.0 Å². The van der Waals surface area contributed by atoms with Gasteiger partial charge >= 0.3 is 0 Å². The number of benzene rings is 1. The van der Waals surface area contributed by atoms with E-state index >= 15 is 0 Å². The van der Waals surface area contributed by atoms with E-state index < -0.39 is 0 Å². The van der Waals surface area contributed by atoms with Crippen molar-refractivity contribution < 1.29 is 4.74 Å². The molecular formula is C16H25Cl2NO. The van der Waals surface area contributed by atoms with Crippen molar-refractivity contribution in [3.8, 4) is 5.75 Å². The van der Waals surface area contributed by atoms with Crippen molar-refractivity contribution in [2.24, 2.45) is 5.92 Å². The molecule has 1 N–H and O–H groups in total. The van der Waals surface area contributed by atoms with Crippen LogP contribution in [0.25, 0.3) is 0 Å². The summed E-state index contributed by atoms with van der Waals surface area (Å²) in [6, 6.07) is 4.06. The third-order valence-electron chi connectivity index (χ3n) is 2.96. The Morgan fingerprint density at radius 1 is 1.15 bits per heavy atom. The van der Waals surface area contributed by atoms with Gasteiger partial charge in [0, 0.05) is 23.2 Å². The fourth-order valence-corrected chi connectivity index (χ4v) is 2.48. The number of halogens is 2. The lowest BCUT2D eigenvalue weighted by molar-refractivity contribution is 0.294. The van der Waals surface area contributed by atoms with Gasteiger partial charge in [0.1, 0.15) is 5.75 Å². The van der Waals surface area contributed by atoms with E-state index in [4.69, 9.17) is 27.9 Å². The van der Waals surface area contributed by atoms with Gasteiger partial charge in [-0.3, -0.25) is 0 Å². The molecule has 0 unspecified atom stereocenters. The van der Waals surface area contributed by atoms with Gasteiger partial charge in [-0.1, -0.05) is 50.9 Å². The van der Waals surface area contributed by atoms with Crippen molar-refractivity contribution in [1.29, 1.82) is 0 Å². The van der Waals surface area contributed by atoms with Crippen LogP contribution < -0.4 is 10.1 Å². The minimum atomic E-state index is 0.404. The first-order chi connectivity index (χ1) is 9.40. The lowest BCUT2D eigenvalue weighted by Gasteiger charge is -2.16. The van der Waals surface area contributed by atoms with E-state index in [1.807, 2.05) is 6.07 Å². The fourth-order valence-electron chi connectivity index (χ4n) is 1.89. The second-order valence-electron chi connectivity index (χ2n) is 5.80. The monoisotopic (exact) mass is 317 g/mol. The normalized spacial score (nSPS) is 11.4. The molecule has 0 aliphatic rings. The van der Waals surface area contributed by atoms with Gasteiger partial charge in [-0.25, -0.2) is 0 Å². The lowest BCUT2D eigenvalue weighted by Crippen LogP contribution is -2.22. The Balaban J connectivity index is 2.71. The molecule has 0 atom stereocenters. The van der Waals surface area contributed by atoms with Crippen LogP contribution in [-0.4, -0.2) is 12.6 Å². The number of hydrogen-bond acceptors (Lipinski definition) is 2. The topological polar surface area (TPSA) is 21.3 Å². The third kappa shape index (κ3) is 6.34. The summed E-state index contributed by atoms with van der Waals surface area (Å²) in [7, 11) is 0. The molecule has 1 rings (SSSR count). The highest BCUT2D eigenvalue weighted by Crippen LogP contribution is 2.32. The minimum absolute atomic E-state index is 0.404. The number of nitrogens with one attached hydrogen (secondary N) is 1. The van der Waals surface area contributed by atoms with Crippen LogP contribution in [0.1, 0.15) is 46.1 Å². The Bertz CT molecular complexity index is 419. The largest absolute Gasteiger partial charge is 0.492 e. The van der Waals surface area contributed by atoms with Crippen molar-refractivity contribution in [3.05, 3.63) is 27.7 Å². The molecule has 114 valence electrons. The van der Waals surface area contributed by atoms with Crippen molar-refractivity contribution in [3.63, 3.8) is 0 Å². The highest BCUT2D eigenvalue weighted by atomic mass is 35.5. The second-order valence-corrected chi connectivity index (χ2v) is 6.64. The van der Waals surface area contributed by atoms with Crippen LogP contribution in [0.15, 0.2) is 12.1 Å². The Hall–Kier alpha value is -0.440. The van der Waals surface area contributed by atoms with Gasteiger partial charge in [0.2, 0.25) is 0 Å². The molecule has 0 aliphatic carbocycles. The lowest BCUT2D eigenvalue weighted by atomic mass is 10.1. The molecule has 0 radical (unpaired) electrons. The molecule has 0 amide bonds. The van der Waals surface area contributed by atoms with Crippen molar-refractivity contribution in [2.45, 2.75) is 53.1 Å². The molecule has 0 saturated carbocycles. The fraction of sp³-hybridized carbons (Fsp3) is 0.625. The quantitative estimate of drug-likeness (QED) is 0.656. The molecule has 0 spiro atoms. The summed E-state index contributed by atoms with van der Waals surface area (Å²) in [5.74, 6) is 1.45. The molecule has 0 heterocycles. The van der Waals surface area contributed by atoms with Crippen LogP contribution in [0, 0.1) is 5.92 Å². The van der Waals surface area contributed by atoms with Crippen LogP contribution >= 0.6 is 23.2 Å². The first-order valence-electron chi connectivity index (χ1n) is 7.24. The van der Waals surface area contributed by atoms with Gasteiger partial charge in [0.25, 0.3) is 0 Å². The predicted octanol–water partition coefficient (Wildman–Crippen LogP) is 5.31. The summed E-state index contributed by atoms with van der Waals surface area (Å²) in [6.45, 7) is 10.0. The molecule has 0 saturated heterocycles. The van der Waals surface area contributed by atoms with Crippen molar-refractivity contribution in [1.82, 2.24) is 5.32 Å². The number of rotatable bonds is 8. The highest BCUT2D eigenvalue weighted by Gasteiger charge is 2.11. The molecule has 0 fully saturated rings. The van der Waals surface area contributed by atoms with Gasteiger partial charge < -0.3 is 10.1 Å². The molecule has 0 aliphatic heterocycles. The van der Waals surface area contributed by atoms with E-state index in [0.29, 0.717) is 35.2 Å². The molecule has 1 aromatic carbocycles. The maximum absolute atomic E-state index is 6.25. The average Bonchev–Trinajstić information content (AvgIpc) is 2.33. The molecule has 4 heteroatoms. The summed E-state index contributed by atoms with van der Waals surface area (Å²) in [4.78, 5) is 0. The zero-order chi connectivity index (χ0) is 15.1. The summed E-state index contributed by atoms with van der Waals surface area (Å²) in [5, 5.41) is 4.60. The van der Waals surface area contributed by atoms with Gasteiger partial charge in [-0.2, -0.15) is 0 Å². The maximum atomic E-state index is 6.25. The van der Waals surface area contributed by atoms with E-state index in [0.717, 1.165) is 24.2 Å². The van der Waals surface area contributed by atoms with Crippen LogP contribution in [0.4, 0.5) is 0 Å². The Morgan fingerprint density at radius 2 is 1.85 bits per heavy atom. The standard InChI is InChI=1S/C16H25Cl2NO/c1-11(2)6-5-7-20-16-13(10-19-12(3)4)8-14(17)9-15(16)18/h8-9,11-12,19H,5-7,10H2,1-4H3. The third-order valence-corrected chi connectivity index (χ3v) is 3.46. The summed E-state index contributed by atoms with van der Waals surface area (Å²) >= 11 is 12.3. The summed E-state index contributed by atoms with van der Waals surface area (Å²) < 4.78 is 5.88. The molecule has 0 bridgehead atoms. The molecule has 2 nitrogen and oxygen atoms in total. The van der Waals surface area contributed by atoms with Gasteiger partial charge in [0.05, 0.1) is 11.6 Å². The Morgan fingerprint density at radius 3 is 2.45 bits per heavy atom. The van der Waals surface area contributed by atoms with E-state index in [1.54, 1.807) is 6.07 Å². The predicted molar refractivity (Wildman–Crippen MR) is 88.0 cm³/mol. The molecule has 0 aromatic heterocycles. The first-order valence-corrected chi connectivity index (χ1v) is 7.99. The first kappa shape index (κ1) is 17.6. The number of hydrogen-bond donors (Lipinski definition) is 1.